The van der Waals surface area contributed by atoms with Crippen molar-refractivity contribution >= 4 is 49.8 Å². The van der Waals surface area contributed by atoms with E-state index in [1.807, 2.05) is 42.5 Å². The Balaban J connectivity index is 1.11. The van der Waals surface area contributed by atoms with Gasteiger partial charge in [0.15, 0.2) is 5.82 Å². The number of fused-ring (bicyclic) bond motifs is 4. The van der Waals surface area contributed by atoms with Gasteiger partial charge in [-0.1, -0.05) is 170 Å². The molecule has 0 bridgehead atoms. The lowest BCUT2D eigenvalue weighted by molar-refractivity contribution is 0.669. The molecule has 0 aliphatic heterocycles. The van der Waals surface area contributed by atoms with Crippen LogP contribution in [0.3, 0.4) is 0 Å². The zero-order valence-corrected chi connectivity index (χ0v) is 32.6. The number of nitrogens with zero attached hydrogens (tertiary/aromatic N) is 3. The van der Waals surface area contributed by atoms with Crippen molar-refractivity contribution in [1.29, 1.82) is 0 Å². The summed E-state index contributed by atoms with van der Waals surface area (Å²) in [5.41, 5.74) is 14.0. The highest BCUT2D eigenvalue weighted by Crippen LogP contribution is 2.45. The number of benzene rings is 9. The Morgan fingerprint density at radius 1 is 0.333 bits per heavy atom. The molecule has 282 valence electrons. The molecule has 0 radical (unpaired) electrons. The van der Waals surface area contributed by atoms with Crippen molar-refractivity contribution in [2.45, 2.75) is 0 Å². The molecule has 0 aliphatic rings. The number of hydrogen-bond acceptors (Lipinski definition) is 4. The summed E-state index contributed by atoms with van der Waals surface area (Å²) in [6.07, 6.45) is 0. The molecule has 0 aliphatic carbocycles. The first kappa shape index (κ1) is 35.1. The summed E-state index contributed by atoms with van der Waals surface area (Å²) in [6, 6.07) is 78.7. The molecular weight excluding hydrogens is 731 g/mol. The van der Waals surface area contributed by atoms with E-state index < -0.39 is 0 Å². The van der Waals surface area contributed by atoms with E-state index in [1.54, 1.807) is 0 Å². The van der Waals surface area contributed by atoms with Crippen LogP contribution in [0, 0.1) is 0 Å². The molecule has 2 aromatic heterocycles. The standard InChI is InChI=1S/C56H37N3O/c1-4-15-38(16-5-1)40-27-30-46(31-28-40)59(47-32-29-39-17-10-11-22-43(39)34-47)48-35-50(55-49-25-12-13-26-53(49)60-54(55)36-48)44-23-14-24-45(33-44)52-37-51(41-18-6-2-7-19-41)57-56(58-52)42-20-8-3-9-21-42/h1-37H. The van der Waals surface area contributed by atoms with Gasteiger partial charge in [-0.15, -0.1) is 0 Å². The third kappa shape index (κ3) is 6.56. The average molecular weight is 768 g/mol. The molecule has 11 aromatic rings. The molecule has 0 saturated carbocycles. The molecule has 0 unspecified atom stereocenters. The van der Waals surface area contributed by atoms with Crippen molar-refractivity contribution in [3.05, 3.63) is 224 Å². The van der Waals surface area contributed by atoms with Crippen LogP contribution in [0.2, 0.25) is 0 Å². The van der Waals surface area contributed by atoms with Crippen molar-refractivity contribution in [2.75, 3.05) is 4.90 Å². The van der Waals surface area contributed by atoms with Gasteiger partial charge < -0.3 is 9.32 Å². The fourth-order valence-electron chi connectivity index (χ4n) is 8.31. The number of hydrogen-bond donors (Lipinski definition) is 0. The van der Waals surface area contributed by atoms with Gasteiger partial charge >= 0.3 is 0 Å². The van der Waals surface area contributed by atoms with Gasteiger partial charge in [-0.05, 0) is 81.6 Å². The number of rotatable bonds is 8. The van der Waals surface area contributed by atoms with Crippen LogP contribution in [0.4, 0.5) is 17.1 Å². The van der Waals surface area contributed by atoms with Crippen LogP contribution < -0.4 is 4.90 Å². The molecule has 0 atom stereocenters. The maximum Gasteiger partial charge on any atom is 0.160 e. The number of anilines is 3. The summed E-state index contributed by atoms with van der Waals surface area (Å²) < 4.78 is 6.72. The third-order valence-electron chi connectivity index (χ3n) is 11.2. The predicted octanol–water partition coefficient (Wildman–Crippen LogP) is 15.3. The topological polar surface area (TPSA) is 42.2 Å². The van der Waals surface area contributed by atoms with Gasteiger partial charge in [0, 0.05) is 44.9 Å². The molecule has 9 aromatic carbocycles. The minimum absolute atomic E-state index is 0.687. The van der Waals surface area contributed by atoms with E-state index in [-0.39, 0.29) is 0 Å². The van der Waals surface area contributed by atoms with Crippen molar-refractivity contribution in [1.82, 2.24) is 9.97 Å². The Morgan fingerprint density at radius 3 is 1.68 bits per heavy atom. The highest BCUT2D eigenvalue weighted by Gasteiger charge is 2.21. The van der Waals surface area contributed by atoms with Crippen LogP contribution in [0.25, 0.3) is 88.9 Å². The predicted molar refractivity (Wildman–Crippen MR) is 249 cm³/mol. The highest BCUT2D eigenvalue weighted by atomic mass is 16.3. The summed E-state index contributed by atoms with van der Waals surface area (Å²) in [5, 5.41) is 4.51. The molecule has 0 amide bonds. The zero-order chi connectivity index (χ0) is 39.8. The van der Waals surface area contributed by atoms with E-state index in [2.05, 4.69) is 187 Å². The lowest BCUT2D eigenvalue weighted by Gasteiger charge is -2.27. The first-order valence-electron chi connectivity index (χ1n) is 20.2. The minimum Gasteiger partial charge on any atom is -0.456 e. The lowest BCUT2D eigenvalue weighted by atomic mass is 9.95. The minimum atomic E-state index is 0.687. The lowest BCUT2D eigenvalue weighted by Crippen LogP contribution is -2.10. The molecule has 0 N–H and O–H groups in total. The quantitative estimate of drug-likeness (QED) is 0.154. The summed E-state index contributed by atoms with van der Waals surface area (Å²) in [7, 11) is 0. The van der Waals surface area contributed by atoms with E-state index in [0.717, 1.165) is 78.2 Å². The van der Waals surface area contributed by atoms with Gasteiger partial charge in [-0.25, -0.2) is 9.97 Å². The van der Waals surface area contributed by atoms with Crippen molar-refractivity contribution < 1.29 is 4.42 Å². The second-order valence-corrected chi connectivity index (χ2v) is 15.0. The fraction of sp³-hybridized carbons (Fsp3) is 0. The van der Waals surface area contributed by atoms with Gasteiger partial charge in [0.05, 0.1) is 17.1 Å². The number of para-hydroxylation sites is 1. The van der Waals surface area contributed by atoms with Gasteiger partial charge in [-0.2, -0.15) is 0 Å². The largest absolute Gasteiger partial charge is 0.456 e. The smallest absolute Gasteiger partial charge is 0.160 e. The monoisotopic (exact) mass is 767 g/mol. The first-order chi connectivity index (χ1) is 29.7. The SMILES string of the molecule is c1ccc(-c2ccc(N(c3ccc4ccccc4c3)c3cc(-c4cccc(-c5cc(-c6ccccc6)nc(-c6ccccc6)n5)c4)c4c(c3)oc3ccccc34)cc2)cc1. The highest BCUT2D eigenvalue weighted by molar-refractivity contribution is 6.14. The summed E-state index contributed by atoms with van der Waals surface area (Å²) in [4.78, 5) is 12.6. The molecule has 2 heterocycles. The zero-order valence-electron chi connectivity index (χ0n) is 32.6. The van der Waals surface area contributed by atoms with Gasteiger partial charge in [0.1, 0.15) is 11.2 Å². The Morgan fingerprint density at radius 2 is 0.917 bits per heavy atom. The van der Waals surface area contributed by atoms with Gasteiger partial charge in [0.2, 0.25) is 0 Å². The summed E-state index contributed by atoms with van der Waals surface area (Å²) in [5.74, 6) is 0.687. The second kappa shape index (κ2) is 15.0. The van der Waals surface area contributed by atoms with E-state index in [0.29, 0.717) is 5.82 Å². The molecule has 60 heavy (non-hydrogen) atoms. The van der Waals surface area contributed by atoms with E-state index in [1.165, 1.54) is 21.9 Å². The van der Waals surface area contributed by atoms with Crippen molar-refractivity contribution in [3.63, 3.8) is 0 Å². The van der Waals surface area contributed by atoms with Crippen LogP contribution >= 0.6 is 0 Å². The molecular formula is C56H37N3O. The molecule has 0 spiro atoms. The molecule has 0 fully saturated rings. The fourth-order valence-corrected chi connectivity index (χ4v) is 8.31. The summed E-state index contributed by atoms with van der Waals surface area (Å²) >= 11 is 0. The Bertz CT molecular complexity index is 3250. The number of aromatic nitrogens is 2. The summed E-state index contributed by atoms with van der Waals surface area (Å²) in [6.45, 7) is 0. The second-order valence-electron chi connectivity index (χ2n) is 15.0. The maximum absolute atomic E-state index is 6.72. The van der Waals surface area contributed by atoms with Crippen LogP contribution in [0.1, 0.15) is 0 Å². The van der Waals surface area contributed by atoms with Gasteiger partial charge in [-0.3, -0.25) is 0 Å². The Kier molecular flexibility index (Phi) is 8.79. The third-order valence-corrected chi connectivity index (χ3v) is 11.2. The number of furan rings is 1. The van der Waals surface area contributed by atoms with E-state index in [9.17, 15) is 0 Å². The molecule has 4 nitrogen and oxygen atoms in total. The molecule has 0 saturated heterocycles. The van der Waals surface area contributed by atoms with Gasteiger partial charge in [0.25, 0.3) is 0 Å². The Hall–Kier alpha value is -8.08. The molecule has 11 rings (SSSR count). The van der Waals surface area contributed by atoms with E-state index in [4.69, 9.17) is 14.4 Å². The van der Waals surface area contributed by atoms with Crippen LogP contribution in [0.15, 0.2) is 229 Å². The van der Waals surface area contributed by atoms with Crippen LogP contribution in [-0.4, -0.2) is 9.97 Å². The maximum atomic E-state index is 6.72. The first-order valence-corrected chi connectivity index (χ1v) is 20.2. The van der Waals surface area contributed by atoms with E-state index >= 15 is 0 Å². The van der Waals surface area contributed by atoms with Crippen molar-refractivity contribution in [3.8, 4) is 56.2 Å². The molecule has 4 heteroatoms. The normalized spacial score (nSPS) is 11.3. The van der Waals surface area contributed by atoms with Crippen molar-refractivity contribution in [2.24, 2.45) is 0 Å². The average Bonchev–Trinajstić information content (AvgIpc) is 3.71. The Labute approximate surface area is 348 Å². The van der Waals surface area contributed by atoms with Crippen LogP contribution in [-0.2, 0) is 0 Å². The van der Waals surface area contributed by atoms with Crippen LogP contribution in [0.5, 0.6) is 0 Å².